The highest BCUT2D eigenvalue weighted by Gasteiger charge is 2.25. The van der Waals surface area contributed by atoms with Crippen molar-refractivity contribution in [3.8, 4) is 0 Å². The van der Waals surface area contributed by atoms with Crippen LogP contribution in [0, 0.1) is 6.92 Å². The largest absolute Gasteiger partial charge is 0.374 e. The second-order valence-corrected chi connectivity index (χ2v) is 4.01. The van der Waals surface area contributed by atoms with Crippen LogP contribution < -0.4 is 10.6 Å². The number of hydrogen-bond donors (Lipinski definition) is 2. The summed E-state index contributed by atoms with van der Waals surface area (Å²) in [5.41, 5.74) is 2.08. The Balaban J connectivity index is 0.000000771. The SMILES string of the molecule is CC.Cc1ccc(NC2CCC(=O)NC2=O)cc1. The molecule has 1 aromatic carbocycles. The molecule has 0 saturated carbocycles. The predicted molar refractivity (Wildman–Crippen MR) is 72.3 cm³/mol. The third-order valence-corrected chi connectivity index (χ3v) is 2.63. The molecule has 98 valence electrons. The number of piperidine rings is 1. The van der Waals surface area contributed by atoms with Crippen LogP contribution in [0.1, 0.15) is 32.3 Å². The Morgan fingerprint density at radius 2 is 1.78 bits per heavy atom. The Bertz CT molecular complexity index is 412. The molecular formula is C14H20N2O2. The molecule has 18 heavy (non-hydrogen) atoms. The number of anilines is 1. The van der Waals surface area contributed by atoms with E-state index in [1.165, 1.54) is 5.56 Å². The number of nitrogens with one attached hydrogen (secondary N) is 2. The first-order valence-electron chi connectivity index (χ1n) is 6.32. The molecule has 4 heteroatoms. The Hall–Kier alpha value is -1.84. The number of imide groups is 1. The van der Waals surface area contributed by atoms with Crippen LogP contribution >= 0.6 is 0 Å². The Kier molecular flexibility index (Phi) is 5.36. The number of carbonyl (C=O) groups is 2. The lowest BCUT2D eigenvalue weighted by Crippen LogP contribution is -2.47. The highest BCUT2D eigenvalue weighted by atomic mass is 16.2. The van der Waals surface area contributed by atoms with Gasteiger partial charge in [0.2, 0.25) is 11.8 Å². The van der Waals surface area contributed by atoms with Gasteiger partial charge in [0.25, 0.3) is 0 Å². The van der Waals surface area contributed by atoms with Gasteiger partial charge in [0.1, 0.15) is 6.04 Å². The fourth-order valence-corrected chi connectivity index (χ4v) is 1.68. The molecule has 0 radical (unpaired) electrons. The van der Waals surface area contributed by atoms with Gasteiger partial charge >= 0.3 is 0 Å². The smallest absolute Gasteiger partial charge is 0.249 e. The number of rotatable bonds is 2. The fourth-order valence-electron chi connectivity index (χ4n) is 1.68. The minimum absolute atomic E-state index is 0.188. The lowest BCUT2D eigenvalue weighted by Gasteiger charge is -2.22. The molecular weight excluding hydrogens is 228 g/mol. The van der Waals surface area contributed by atoms with Crippen LogP contribution in [-0.4, -0.2) is 17.9 Å². The summed E-state index contributed by atoms with van der Waals surface area (Å²) in [5, 5.41) is 5.43. The summed E-state index contributed by atoms with van der Waals surface area (Å²) in [6, 6.07) is 7.51. The van der Waals surface area contributed by atoms with E-state index in [4.69, 9.17) is 0 Å². The van der Waals surface area contributed by atoms with E-state index < -0.39 is 0 Å². The third kappa shape index (κ3) is 3.87. The van der Waals surface area contributed by atoms with E-state index in [1.54, 1.807) is 0 Å². The number of aryl methyl sites for hydroxylation is 1. The number of amides is 2. The van der Waals surface area contributed by atoms with E-state index >= 15 is 0 Å². The summed E-state index contributed by atoms with van der Waals surface area (Å²) in [6.07, 6.45) is 0.952. The Labute approximate surface area is 108 Å². The normalized spacial score (nSPS) is 18.5. The molecule has 4 nitrogen and oxygen atoms in total. The molecule has 2 amide bonds. The Morgan fingerprint density at radius 1 is 1.17 bits per heavy atom. The molecule has 2 rings (SSSR count). The molecule has 1 aliphatic rings. The molecule has 1 fully saturated rings. The average molecular weight is 248 g/mol. The van der Waals surface area contributed by atoms with Crippen LogP contribution in [0.3, 0.4) is 0 Å². The molecule has 1 aromatic rings. The van der Waals surface area contributed by atoms with Crippen molar-refractivity contribution in [2.45, 2.75) is 39.7 Å². The van der Waals surface area contributed by atoms with E-state index in [1.807, 2.05) is 45.0 Å². The first-order valence-corrected chi connectivity index (χ1v) is 6.32. The maximum Gasteiger partial charge on any atom is 0.249 e. The van der Waals surface area contributed by atoms with Gasteiger partial charge in [-0.15, -0.1) is 0 Å². The lowest BCUT2D eigenvalue weighted by molar-refractivity contribution is -0.133. The zero-order valence-electron chi connectivity index (χ0n) is 11.1. The highest BCUT2D eigenvalue weighted by molar-refractivity contribution is 6.01. The number of carbonyl (C=O) groups excluding carboxylic acids is 2. The highest BCUT2D eigenvalue weighted by Crippen LogP contribution is 2.14. The topological polar surface area (TPSA) is 58.2 Å². The van der Waals surface area contributed by atoms with Gasteiger partial charge < -0.3 is 5.32 Å². The molecule has 0 aliphatic carbocycles. The number of hydrogen-bond acceptors (Lipinski definition) is 3. The zero-order valence-corrected chi connectivity index (χ0v) is 11.1. The first-order chi connectivity index (χ1) is 8.65. The number of benzene rings is 1. The van der Waals surface area contributed by atoms with Crippen molar-refractivity contribution < 1.29 is 9.59 Å². The predicted octanol–water partition coefficient (Wildman–Crippen LogP) is 2.24. The van der Waals surface area contributed by atoms with Crippen LogP contribution in [0.4, 0.5) is 5.69 Å². The summed E-state index contributed by atoms with van der Waals surface area (Å²) >= 11 is 0. The second kappa shape index (κ2) is 6.79. The van der Waals surface area contributed by atoms with E-state index in [2.05, 4.69) is 10.6 Å². The monoisotopic (exact) mass is 248 g/mol. The molecule has 0 bridgehead atoms. The van der Waals surface area contributed by atoms with Crippen molar-refractivity contribution in [1.29, 1.82) is 0 Å². The van der Waals surface area contributed by atoms with Crippen molar-refractivity contribution in [2.24, 2.45) is 0 Å². The van der Waals surface area contributed by atoms with E-state index in [0.29, 0.717) is 12.8 Å². The summed E-state index contributed by atoms with van der Waals surface area (Å²) in [6.45, 7) is 6.01. The molecule has 1 unspecified atom stereocenters. The first kappa shape index (κ1) is 14.2. The summed E-state index contributed by atoms with van der Waals surface area (Å²) < 4.78 is 0. The van der Waals surface area contributed by atoms with Crippen molar-refractivity contribution in [3.05, 3.63) is 29.8 Å². The van der Waals surface area contributed by atoms with Gasteiger partial charge in [-0.05, 0) is 25.5 Å². The standard InChI is InChI=1S/C12H14N2O2.C2H6/c1-8-2-4-9(5-3-8)13-10-6-7-11(15)14-12(10)16;1-2/h2-5,10,13H,6-7H2,1H3,(H,14,15,16);1-2H3. The fraction of sp³-hybridized carbons (Fsp3) is 0.429. The maximum absolute atomic E-state index is 11.5. The zero-order chi connectivity index (χ0) is 13.5. The van der Waals surface area contributed by atoms with Crippen LogP contribution in [0.15, 0.2) is 24.3 Å². The van der Waals surface area contributed by atoms with Gasteiger partial charge in [-0.3, -0.25) is 14.9 Å². The minimum atomic E-state index is -0.305. The van der Waals surface area contributed by atoms with Gasteiger partial charge in [0.05, 0.1) is 0 Å². The third-order valence-electron chi connectivity index (χ3n) is 2.63. The van der Waals surface area contributed by atoms with Crippen LogP contribution in [0.25, 0.3) is 0 Å². The van der Waals surface area contributed by atoms with Crippen LogP contribution in [-0.2, 0) is 9.59 Å². The average Bonchev–Trinajstić information content (AvgIpc) is 2.38. The Morgan fingerprint density at radius 3 is 2.33 bits per heavy atom. The lowest BCUT2D eigenvalue weighted by atomic mass is 10.1. The molecule has 0 aromatic heterocycles. The van der Waals surface area contributed by atoms with Gasteiger partial charge in [-0.2, -0.15) is 0 Å². The van der Waals surface area contributed by atoms with Crippen molar-refractivity contribution in [1.82, 2.24) is 5.32 Å². The maximum atomic E-state index is 11.5. The molecule has 1 saturated heterocycles. The van der Waals surface area contributed by atoms with Gasteiger partial charge in [0.15, 0.2) is 0 Å². The molecule has 1 heterocycles. The summed E-state index contributed by atoms with van der Waals surface area (Å²) in [5.74, 6) is -0.427. The molecule has 2 N–H and O–H groups in total. The van der Waals surface area contributed by atoms with Gasteiger partial charge in [-0.1, -0.05) is 31.5 Å². The van der Waals surface area contributed by atoms with Gasteiger partial charge in [0, 0.05) is 12.1 Å². The molecule has 0 spiro atoms. The second-order valence-electron chi connectivity index (χ2n) is 4.01. The van der Waals surface area contributed by atoms with Gasteiger partial charge in [-0.25, -0.2) is 0 Å². The van der Waals surface area contributed by atoms with Crippen LogP contribution in [0.2, 0.25) is 0 Å². The van der Waals surface area contributed by atoms with Crippen molar-refractivity contribution in [3.63, 3.8) is 0 Å². The van der Waals surface area contributed by atoms with E-state index in [-0.39, 0.29) is 17.9 Å². The quantitative estimate of drug-likeness (QED) is 0.789. The van der Waals surface area contributed by atoms with Crippen molar-refractivity contribution in [2.75, 3.05) is 5.32 Å². The van der Waals surface area contributed by atoms with Crippen molar-refractivity contribution >= 4 is 17.5 Å². The molecule has 1 atom stereocenters. The molecule has 1 aliphatic heterocycles. The van der Waals surface area contributed by atoms with E-state index in [9.17, 15) is 9.59 Å². The van der Waals surface area contributed by atoms with Crippen LogP contribution in [0.5, 0.6) is 0 Å². The van der Waals surface area contributed by atoms with E-state index in [0.717, 1.165) is 5.69 Å². The summed E-state index contributed by atoms with van der Waals surface area (Å²) in [4.78, 5) is 22.4. The minimum Gasteiger partial charge on any atom is -0.374 e. The summed E-state index contributed by atoms with van der Waals surface area (Å²) in [7, 11) is 0.